The smallest absolute Gasteiger partial charge is 0.248 e. The number of carbonyl (C=O) groups excluding carboxylic acids is 2. The van der Waals surface area contributed by atoms with E-state index in [-0.39, 0.29) is 12.0 Å². The normalized spacial score (nSPS) is 21.6. The van der Waals surface area contributed by atoms with Gasteiger partial charge in [0.15, 0.2) is 0 Å². The summed E-state index contributed by atoms with van der Waals surface area (Å²) in [7, 11) is 0. The lowest BCUT2D eigenvalue weighted by atomic mass is 10.1. The molecule has 2 rings (SSSR count). The molecule has 1 aliphatic carbocycles. The highest BCUT2D eigenvalue weighted by Gasteiger charge is 2.22. The zero-order valence-corrected chi connectivity index (χ0v) is 11.8. The third-order valence-electron chi connectivity index (χ3n) is 3.70. The van der Waals surface area contributed by atoms with Crippen LogP contribution in [0.3, 0.4) is 0 Å². The molecule has 0 radical (unpaired) electrons. The monoisotopic (exact) mass is 288 g/mol. The van der Waals surface area contributed by atoms with Crippen molar-refractivity contribution in [1.29, 1.82) is 0 Å². The van der Waals surface area contributed by atoms with Crippen LogP contribution in [-0.4, -0.2) is 29.6 Å². The lowest BCUT2D eigenvalue weighted by Crippen LogP contribution is -2.26. The molecule has 0 aliphatic heterocycles. The number of hydrogen-bond acceptors (Lipinski definition) is 3. The summed E-state index contributed by atoms with van der Waals surface area (Å²) in [6, 6.07) is 6.72. The number of aliphatic hydroxyl groups excluding tert-OH is 1. The summed E-state index contributed by atoms with van der Waals surface area (Å²) in [5, 5.41) is 12.3. The molecule has 2 amide bonds. The van der Waals surface area contributed by atoms with Gasteiger partial charge in [-0.25, -0.2) is 0 Å². The number of nitrogens with two attached hydrogens (primary N) is 1. The molecular weight excluding hydrogens is 268 g/mol. The molecule has 2 atom stereocenters. The number of hydrogen-bond donors (Lipinski definition) is 3. The second-order valence-electron chi connectivity index (χ2n) is 5.40. The summed E-state index contributed by atoms with van der Waals surface area (Å²) in [4.78, 5) is 22.6. The van der Waals surface area contributed by atoms with Crippen molar-refractivity contribution < 1.29 is 14.7 Å². The van der Waals surface area contributed by atoms with E-state index in [0.717, 1.165) is 24.8 Å². The third kappa shape index (κ3) is 4.72. The van der Waals surface area contributed by atoms with Crippen LogP contribution in [0.25, 0.3) is 6.08 Å². The molecule has 0 spiro atoms. The highest BCUT2D eigenvalue weighted by atomic mass is 16.3. The van der Waals surface area contributed by atoms with Crippen LogP contribution in [-0.2, 0) is 4.79 Å². The van der Waals surface area contributed by atoms with Crippen LogP contribution < -0.4 is 11.1 Å². The quantitative estimate of drug-likeness (QED) is 0.708. The number of rotatable bonds is 5. The van der Waals surface area contributed by atoms with Gasteiger partial charge >= 0.3 is 0 Å². The zero-order chi connectivity index (χ0) is 15.2. The SMILES string of the molecule is NC(=O)c1ccc(/C=C/C(=O)NCC2CCC(O)C2)cc1. The molecule has 1 aromatic carbocycles. The Morgan fingerprint density at radius 1 is 1.29 bits per heavy atom. The first-order valence-corrected chi connectivity index (χ1v) is 7.08. The van der Waals surface area contributed by atoms with Gasteiger partial charge in [0.1, 0.15) is 0 Å². The molecule has 5 heteroatoms. The third-order valence-corrected chi connectivity index (χ3v) is 3.70. The van der Waals surface area contributed by atoms with Gasteiger partial charge in [0.2, 0.25) is 11.8 Å². The molecular formula is C16H20N2O3. The van der Waals surface area contributed by atoms with Crippen LogP contribution in [0.5, 0.6) is 0 Å². The fraction of sp³-hybridized carbons (Fsp3) is 0.375. The maximum atomic E-state index is 11.7. The second-order valence-corrected chi connectivity index (χ2v) is 5.40. The highest BCUT2D eigenvalue weighted by molar-refractivity contribution is 5.94. The topological polar surface area (TPSA) is 92.4 Å². The Morgan fingerprint density at radius 3 is 2.57 bits per heavy atom. The average molecular weight is 288 g/mol. The van der Waals surface area contributed by atoms with E-state index >= 15 is 0 Å². The van der Waals surface area contributed by atoms with Crippen LogP contribution >= 0.6 is 0 Å². The Labute approximate surface area is 123 Å². The Kier molecular flexibility index (Phi) is 5.11. The van der Waals surface area contributed by atoms with Crippen molar-refractivity contribution in [2.75, 3.05) is 6.54 Å². The summed E-state index contributed by atoms with van der Waals surface area (Å²) < 4.78 is 0. The molecule has 1 fully saturated rings. The Morgan fingerprint density at radius 2 is 2.00 bits per heavy atom. The maximum Gasteiger partial charge on any atom is 0.248 e. The minimum absolute atomic E-state index is 0.157. The lowest BCUT2D eigenvalue weighted by molar-refractivity contribution is -0.116. The minimum Gasteiger partial charge on any atom is -0.393 e. The van der Waals surface area contributed by atoms with Gasteiger partial charge in [-0.1, -0.05) is 12.1 Å². The predicted molar refractivity (Wildman–Crippen MR) is 80.4 cm³/mol. The molecule has 0 heterocycles. The van der Waals surface area contributed by atoms with Crippen LogP contribution in [0, 0.1) is 5.92 Å². The van der Waals surface area contributed by atoms with Crippen molar-refractivity contribution in [1.82, 2.24) is 5.32 Å². The van der Waals surface area contributed by atoms with Crippen LogP contribution in [0.15, 0.2) is 30.3 Å². The standard InChI is InChI=1S/C16H20N2O3/c17-16(21)13-5-1-11(2-6-13)4-8-15(20)18-10-12-3-7-14(19)9-12/h1-2,4-6,8,12,14,19H,3,7,9-10H2,(H2,17,21)(H,18,20)/b8-4+. The van der Waals surface area contributed by atoms with Gasteiger partial charge in [0.25, 0.3) is 0 Å². The number of amides is 2. The van der Waals surface area contributed by atoms with Gasteiger partial charge in [0.05, 0.1) is 6.10 Å². The molecule has 1 aromatic rings. The first-order valence-electron chi connectivity index (χ1n) is 7.08. The first kappa shape index (κ1) is 15.3. The molecule has 0 saturated heterocycles. The van der Waals surface area contributed by atoms with E-state index in [1.165, 1.54) is 6.08 Å². The molecule has 5 nitrogen and oxygen atoms in total. The number of nitrogens with one attached hydrogen (secondary N) is 1. The summed E-state index contributed by atoms with van der Waals surface area (Å²) in [6.45, 7) is 0.598. The van der Waals surface area contributed by atoms with Gasteiger partial charge in [-0.05, 0) is 49.0 Å². The summed E-state index contributed by atoms with van der Waals surface area (Å²) in [5.41, 5.74) is 6.42. The molecule has 2 unspecified atom stereocenters. The van der Waals surface area contributed by atoms with Gasteiger partial charge in [-0.15, -0.1) is 0 Å². The summed E-state index contributed by atoms with van der Waals surface area (Å²) in [5.74, 6) is -0.260. The summed E-state index contributed by atoms with van der Waals surface area (Å²) >= 11 is 0. The molecule has 21 heavy (non-hydrogen) atoms. The Balaban J connectivity index is 1.80. The average Bonchev–Trinajstić information content (AvgIpc) is 2.89. The van der Waals surface area contributed by atoms with Gasteiger partial charge in [-0.3, -0.25) is 9.59 Å². The van der Waals surface area contributed by atoms with Crippen LogP contribution in [0.2, 0.25) is 0 Å². The van der Waals surface area contributed by atoms with Gasteiger partial charge < -0.3 is 16.2 Å². The number of benzene rings is 1. The maximum absolute atomic E-state index is 11.7. The fourth-order valence-corrected chi connectivity index (χ4v) is 2.47. The predicted octanol–water partition coefficient (Wildman–Crippen LogP) is 1.08. The van der Waals surface area contributed by atoms with E-state index in [0.29, 0.717) is 18.0 Å². The van der Waals surface area contributed by atoms with Crippen molar-refractivity contribution in [3.05, 3.63) is 41.5 Å². The molecule has 0 bridgehead atoms. The number of aliphatic hydroxyl groups is 1. The Bertz CT molecular complexity index is 537. The first-order chi connectivity index (χ1) is 10.0. The van der Waals surface area contributed by atoms with Gasteiger partial charge in [-0.2, -0.15) is 0 Å². The van der Waals surface area contributed by atoms with E-state index in [9.17, 15) is 14.7 Å². The van der Waals surface area contributed by atoms with Crippen molar-refractivity contribution >= 4 is 17.9 Å². The van der Waals surface area contributed by atoms with Crippen molar-refractivity contribution in [3.8, 4) is 0 Å². The van der Waals surface area contributed by atoms with Crippen molar-refractivity contribution in [2.24, 2.45) is 11.7 Å². The zero-order valence-electron chi connectivity index (χ0n) is 11.8. The van der Waals surface area contributed by atoms with E-state index in [1.807, 2.05) is 0 Å². The van der Waals surface area contributed by atoms with Crippen LogP contribution in [0.4, 0.5) is 0 Å². The van der Waals surface area contributed by atoms with E-state index < -0.39 is 5.91 Å². The fourth-order valence-electron chi connectivity index (χ4n) is 2.47. The highest BCUT2D eigenvalue weighted by Crippen LogP contribution is 2.24. The minimum atomic E-state index is -0.470. The second kappa shape index (κ2) is 7.04. The molecule has 1 aliphatic rings. The van der Waals surface area contributed by atoms with Crippen LogP contribution in [0.1, 0.15) is 35.2 Å². The Hall–Kier alpha value is -2.14. The van der Waals surface area contributed by atoms with Crippen molar-refractivity contribution in [3.63, 3.8) is 0 Å². The van der Waals surface area contributed by atoms with E-state index in [4.69, 9.17) is 5.73 Å². The van der Waals surface area contributed by atoms with Crippen molar-refractivity contribution in [2.45, 2.75) is 25.4 Å². The van der Waals surface area contributed by atoms with E-state index in [1.54, 1.807) is 30.3 Å². The van der Waals surface area contributed by atoms with E-state index in [2.05, 4.69) is 5.32 Å². The molecule has 1 saturated carbocycles. The molecule has 112 valence electrons. The summed E-state index contributed by atoms with van der Waals surface area (Å²) in [6.07, 6.45) is 5.47. The largest absolute Gasteiger partial charge is 0.393 e. The van der Waals surface area contributed by atoms with Gasteiger partial charge in [0, 0.05) is 18.2 Å². The lowest BCUT2D eigenvalue weighted by Gasteiger charge is -2.09. The molecule has 0 aromatic heterocycles. The number of primary amides is 1. The molecule has 4 N–H and O–H groups in total. The number of carbonyl (C=O) groups is 2.